The van der Waals surface area contributed by atoms with Crippen LogP contribution in [0.3, 0.4) is 0 Å². The van der Waals surface area contributed by atoms with Crippen molar-refractivity contribution in [3.8, 4) is 0 Å². The molecular weight excluding hydrogens is 325 g/mol. The largest absolute Gasteiger partial charge is 0.347 e. The number of carbonyl (C=O) groups is 2. The Morgan fingerprint density at radius 3 is 2.39 bits per heavy atom. The van der Waals surface area contributed by atoms with Gasteiger partial charge in [0.05, 0.1) is 5.75 Å². The maximum Gasteiger partial charge on any atom is 0.313 e. The van der Waals surface area contributed by atoms with Crippen LogP contribution in [0.15, 0.2) is 24.3 Å². The molecule has 7 nitrogen and oxygen atoms in total. The summed E-state index contributed by atoms with van der Waals surface area (Å²) in [6.07, 6.45) is 0. The first-order valence-electron chi connectivity index (χ1n) is 7.12. The summed E-state index contributed by atoms with van der Waals surface area (Å²) >= 11 is 0. The summed E-state index contributed by atoms with van der Waals surface area (Å²) in [7, 11) is -3.47. The first kappa shape index (κ1) is 19.0. The molecule has 1 aromatic rings. The molecule has 0 radical (unpaired) electrons. The van der Waals surface area contributed by atoms with Crippen molar-refractivity contribution in [3.63, 3.8) is 0 Å². The van der Waals surface area contributed by atoms with Gasteiger partial charge in [-0.25, -0.2) is 17.1 Å². The normalized spacial score (nSPS) is 11.3. The van der Waals surface area contributed by atoms with Gasteiger partial charge in [-0.15, -0.1) is 0 Å². The van der Waals surface area contributed by atoms with E-state index in [9.17, 15) is 22.4 Å². The van der Waals surface area contributed by atoms with Gasteiger partial charge in [0.1, 0.15) is 5.82 Å². The second kappa shape index (κ2) is 8.59. The van der Waals surface area contributed by atoms with Crippen LogP contribution in [0.25, 0.3) is 0 Å². The number of hydrogen-bond donors (Lipinski definition) is 2. The molecule has 0 aromatic heterocycles. The molecule has 0 aliphatic heterocycles. The molecule has 0 unspecified atom stereocenters. The van der Waals surface area contributed by atoms with Crippen molar-refractivity contribution in [2.75, 3.05) is 30.7 Å². The van der Waals surface area contributed by atoms with E-state index in [-0.39, 0.29) is 18.0 Å². The second-order valence-corrected chi connectivity index (χ2v) is 6.71. The molecule has 0 fully saturated rings. The van der Waals surface area contributed by atoms with Gasteiger partial charge in [0, 0.05) is 25.3 Å². The summed E-state index contributed by atoms with van der Waals surface area (Å²) < 4.78 is 38.1. The number of halogens is 1. The molecule has 0 aliphatic rings. The van der Waals surface area contributed by atoms with Crippen LogP contribution in [-0.4, -0.2) is 49.9 Å². The third kappa shape index (κ3) is 5.95. The van der Waals surface area contributed by atoms with E-state index in [0.717, 1.165) is 6.07 Å². The number of hydrogen-bond acceptors (Lipinski definition) is 4. The maximum absolute atomic E-state index is 13.0. The zero-order valence-electron chi connectivity index (χ0n) is 13.0. The van der Waals surface area contributed by atoms with E-state index in [1.54, 1.807) is 13.8 Å². The number of rotatable bonds is 7. The molecule has 0 spiro atoms. The second-order valence-electron chi connectivity index (χ2n) is 4.62. The maximum atomic E-state index is 13.0. The molecule has 0 saturated heterocycles. The zero-order chi connectivity index (χ0) is 17.5. The third-order valence-electron chi connectivity index (χ3n) is 3.03. The van der Waals surface area contributed by atoms with Gasteiger partial charge >= 0.3 is 11.8 Å². The first-order valence-corrected chi connectivity index (χ1v) is 8.73. The van der Waals surface area contributed by atoms with Crippen LogP contribution in [0.2, 0.25) is 0 Å². The highest BCUT2D eigenvalue weighted by Crippen LogP contribution is 2.08. The minimum atomic E-state index is -3.47. The zero-order valence-corrected chi connectivity index (χ0v) is 13.8. The van der Waals surface area contributed by atoms with Crippen LogP contribution in [-0.2, 0) is 19.6 Å². The van der Waals surface area contributed by atoms with Gasteiger partial charge in [0.25, 0.3) is 0 Å². The molecule has 0 saturated carbocycles. The van der Waals surface area contributed by atoms with Crippen LogP contribution >= 0.6 is 0 Å². The molecule has 1 rings (SSSR count). The fourth-order valence-electron chi connectivity index (χ4n) is 1.87. The molecule has 2 amide bonds. The smallest absolute Gasteiger partial charge is 0.313 e. The molecular formula is C14H20FN3O4S. The highest BCUT2D eigenvalue weighted by atomic mass is 32.2. The predicted octanol–water partition coefficient (Wildman–Crippen LogP) is 0.552. The molecule has 0 bridgehead atoms. The SMILES string of the molecule is CCN(CC)S(=O)(=O)CCNC(=O)C(=O)Nc1cccc(F)c1. The summed E-state index contributed by atoms with van der Waals surface area (Å²) in [5, 5.41) is 4.45. The third-order valence-corrected chi connectivity index (χ3v) is 5.06. The Balaban J connectivity index is 2.49. The Labute approximate surface area is 134 Å². The monoisotopic (exact) mass is 345 g/mol. The summed E-state index contributed by atoms with van der Waals surface area (Å²) in [6, 6.07) is 5.09. The lowest BCUT2D eigenvalue weighted by atomic mass is 10.3. The minimum absolute atomic E-state index is 0.140. The van der Waals surface area contributed by atoms with Crippen molar-refractivity contribution in [1.29, 1.82) is 0 Å². The predicted molar refractivity (Wildman–Crippen MR) is 84.7 cm³/mol. The highest BCUT2D eigenvalue weighted by Gasteiger charge is 2.20. The van der Waals surface area contributed by atoms with Crippen molar-refractivity contribution >= 4 is 27.5 Å². The molecule has 0 atom stereocenters. The van der Waals surface area contributed by atoms with Gasteiger partial charge in [0.15, 0.2) is 0 Å². The van der Waals surface area contributed by atoms with Crippen LogP contribution in [0.4, 0.5) is 10.1 Å². The number of carbonyl (C=O) groups excluding carboxylic acids is 2. The topological polar surface area (TPSA) is 95.6 Å². The average molecular weight is 345 g/mol. The van der Waals surface area contributed by atoms with Gasteiger partial charge in [0.2, 0.25) is 10.0 Å². The first-order chi connectivity index (χ1) is 10.8. The molecule has 0 aliphatic carbocycles. The fourth-order valence-corrected chi connectivity index (χ4v) is 3.28. The Morgan fingerprint density at radius 2 is 1.83 bits per heavy atom. The number of amides is 2. The van der Waals surface area contributed by atoms with Crippen LogP contribution in [0.5, 0.6) is 0 Å². The average Bonchev–Trinajstić information content (AvgIpc) is 2.47. The van der Waals surface area contributed by atoms with Crippen molar-refractivity contribution in [3.05, 3.63) is 30.1 Å². The molecule has 1 aromatic carbocycles. The van der Waals surface area contributed by atoms with E-state index in [4.69, 9.17) is 0 Å². The van der Waals surface area contributed by atoms with E-state index in [1.807, 2.05) is 0 Å². The quantitative estimate of drug-likeness (QED) is 0.706. The molecule has 23 heavy (non-hydrogen) atoms. The van der Waals surface area contributed by atoms with Gasteiger partial charge in [-0.1, -0.05) is 19.9 Å². The Hall–Kier alpha value is -2.00. The van der Waals surface area contributed by atoms with Gasteiger partial charge in [-0.05, 0) is 18.2 Å². The molecule has 0 heterocycles. The number of sulfonamides is 1. The molecule has 9 heteroatoms. The summed E-state index contributed by atoms with van der Waals surface area (Å²) in [6.45, 7) is 3.92. The summed E-state index contributed by atoms with van der Waals surface area (Å²) in [4.78, 5) is 23.2. The molecule has 128 valence electrons. The number of benzene rings is 1. The Morgan fingerprint density at radius 1 is 1.17 bits per heavy atom. The lowest BCUT2D eigenvalue weighted by molar-refractivity contribution is -0.136. The van der Waals surface area contributed by atoms with Crippen molar-refractivity contribution in [1.82, 2.24) is 9.62 Å². The number of nitrogens with one attached hydrogen (secondary N) is 2. The lowest BCUT2D eigenvalue weighted by Gasteiger charge is -2.18. The lowest BCUT2D eigenvalue weighted by Crippen LogP contribution is -2.41. The van der Waals surface area contributed by atoms with E-state index in [0.29, 0.717) is 13.1 Å². The number of anilines is 1. The van der Waals surface area contributed by atoms with Crippen LogP contribution in [0, 0.1) is 5.82 Å². The standard InChI is InChI=1S/C14H20FN3O4S/c1-3-18(4-2)23(21,22)9-8-16-13(19)14(20)17-12-7-5-6-11(15)10-12/h5-7,10H,3-4,8-9H2,1-2H3,(H,16,19)(H,17,20). The number of nitrogens with zero attached hydrogens (tertiary/aromatic N) is 1. The van der Waals surface area contributed by atoms with E-state index < -0.39 is 27.7 Å². The minimum Gasteiger partial charge on any atom is -0.347 e. The van der Waals surface area contributed by atoms with E-state index >= 15 is 0 Å². The highest BCUT2D eigenvalue weighted by molar-refractivity contribution is 7.89. The Bertz CT molecular complexity index is 660. The Kier molecular flexibility index (Phi) is 7.11. The van der Waals surface area contributed by atoms with Crippen molar-refractivity contribution in [2.24, 2.45) is 0 Å². The van der Waals surface area contributed by atoms with E-state index in [2.05, 4.69) is 10.6 Å². The van der Waals surface area contributed by atoms with Crippen LogP contribution < -0.4 is 10.6 Å². The van der Waals surface area contributed by atoms with E-state index in [1.165, 1.54) is 22.5 Å². The van der Waals surface area contributed by atoms with Gasteiger partial charge in [-0.2, -0.15) is 0 Å². The summed E-state index contributed by atoms with van der Waals surface area (Å²) in [5.41, 5.74) is 0.140. The fraction of sp³-hybridized carbons (Fsp3) is 0.429. The van der Waals surface area contributed by atoms with Crippen LogP contribution in [0.1, 0.15) is 13.8 Å². The van der Waals surface area contributed by atoms with Crippen molar-refractivity contribution < 1.29 is 22.4 Å². The van der Waals surface area contributed by atoms with Crippen molar-refractivity contribution in [2.45, 2.75) is 13.8 Å². The van der Waals surface area contributed by atoms with Gasteiger partial charge < -0.3 is 10.6 Å². The summed E-state index contributed by atoms with van der Waals surface area (Å²) in [5.74, 6) is -2.82. The van der Waals surface area contributed by atoms with Gasteiger partial charge in [-0.3, -0.25) is 9.59 Å². The molecule has 2 N–H and O–H groups in total.